The Bertz CT molecular complexity index is 709. The van der Waals surface area contributed by atoms with Gasteiger partial charge in [0.2, 0.25) is 5.13 Å². The molecule has 6 nitrogen and oxygen atoms in total. The Morgan fingerprint density at radius 2 is 2.04 bits per heavy atom. The molecule has 2 amide bonds. The minimum Gasteiger partial charge on any atom is -0.368 e. The number of amides is 2. The highest BCUT2D eigenvalue weighted by Crippen LogP contribution is 2.20. The highest BCUT2D eigenvalue weighted by molar-refractivity contribution is 7.15. The number of nitrogens with one attached hydrogen (secondary N) is 1. The second-order valence-electron chi connectivity index (χ2n) is 6.35. The fraction of sp³-hybridized carbons (Fsp3) is 0.500. The van der Waals surface area contributed by atoms with Crippen molar-refractivity contribution >= 4 is 28.2 Å². The summed E-state index contributed by atoms with van der Waals surface area (Å²) < 4.78 is 0. The van der Waals surface area contributed by atoms with Gasteiger partial charge in [0.25, 0.3) is 0 Å². The fourth-order valence-electron chi connectivity index (χ4n) is 2.90. The predicted molar refractivity (Wildman–Crippen MR) is 103 cm³/mol. The van der Waals surface area contributed by atoms with E-state index in [-0.39, 0.29) is 6.03 Å². The summed E-state index contributed by atoms with van der Waals surface area (Å²) in [6.07, 6.45) is 3.16. The Balaban J connectivity index is 1.50. The highest BCUT2D eigenvalue weighted by atomic mass is 32.1. The molecule has 0 bridgehead atoms. The van der Waals surface area contributed by atoms with Gasteiger partial charge in [0.05, 0.1) is 0 Å². The molecule has 0 radical (unpaired) electrons. The van der Waals surface area contributed by atoms with Crippen molar-refractivity contribution < 1.29 is 4.79 Å². The van der Waals surface area contributed by atoms with Crippen molar-refractivity contribution in [2.24, 2.45) is 0 Å². The molecule has 2 heterocycles. The number of hydrogen-bond donors (Lipinski definition) is 1. The van der Waals surface area contributed by atoms with Crippen LogP contribution in [-0.2, 0) is 6.42 Å². The third-order valence-electron chi connectivity index (χ3n) is 4.36. The van der Waals surface area contributed by atoms with Crippen molar-refractivity contribution in [1.29, 1.82) is 0 Å². The standard InChI is InChI=1S/C18H25N5OS/c1-3-4-8-16-20-21-17(25-16)19-18(24)23-11-9-22(10-12-23)15-7-5-6-14(2)13-15/h5-7,13H,3-4,8-12H2,1-2H3,(H,19,21,24). The molecule has 1 aromatic carbocycles. The van der Waals surface area contributed by atoms with Gasteiger partial charge in [-0.1, -0.05) is 36.8 Å². The molecule has 1 aliphatic heterocycles. The molecule has 0 aliphatic carbocycles. The van der Waals surface area contributed by atoms with E-state index >= 15 is 0 Å². The molecule has 0 unspecified atom stereocenters. The van der Waals surface area contributed by atoms with Gasteiger partial charge < -0.3 is 9.80 Å². The number of piperazine rings is 1. The van der Waals surface area contributed by atoms with Crippen LogP contribution in [-0.4, -0.2) is 47.3 Å². The monoisotopic (exact) mass is 359 g/mol. The van der Waals surface area contributed by atoms with E-state index in [9.17, 15) is 4.79 Å². The molecule has 0 atom stereocenters. The van der Waals surface area contributed by atoms with Gasteiger partial charge in [0.15, 0.2) is 0 Å². The lowest BCUT2D eigenvalue weighted by Gasteiger charge is -2.36. The summed E-state index contributed by atoms with van der Waals surface area (Å²) in [7, 11) is 0. The summed E-state index contributed by atoms with van der Waals surface area (Å²) in [5.74, 6) is 0. The first kappa shape index (κ1) is 17.7. The van der Waals surface area contributed by atoms with Gasteiger partial charge >= 0.3 is 6.03 Å². The van der Waals surface area contributed by atoms with E-state index in [1.54, 1.807) is 0 Å². The Kier molecular flexibility index (Phi) is 5.86. The number of aryl methyl sites for hydroxylation is 2. The molecule has 25 heavy (non-hydrogen) atoms. The average Bonchev–Trinajstić information content (AvgIpc) is 3.07. The van der Waals surface area contributed by atoms with Crippen LogP contribution < -0.4 is 10.2 Å². The number of anilines is 2. The SMILES string of the molecule is CCCCc1nnc(NC(=O)N2CCN(c3cccc(C)c3)CC2)s1. The van der Waals surface area contributed by atoms with E-state index in [0.717, 1.165) is 37.4 Å². The van der Waals surface area contributed by atoms with Crippen LogP contribution in [0.4, 0.5) is 15.6 Å². The molecule has 7 heteroatoms. The van der Waals surface area contributed by atoms with Gasteiger partial charge in [0, 0.05) is 38.3 Å². The molecule has 1 aromatic heterocycles. The fourth-order valence-corrected chi connectivity index (χ4v) is 3.67. The van der Waals surface area contributed by atoms with Crippen LogP contribution in [0.1, 0.15) is 30.3 Å². The van der Waals surface area contributed by atoms with E-state index < -0.39 is 0 Å². The zero-order valence-electron chi connectivity index (χ0n) is 14.9. The van der Waals surface area contributed by atoms with Crippen LogP contribution >= 0.6 is 11.3 Å². The summed E-state index contributed by atoms with van der Waals surface area (Å²) in [6, 6.07) is 8.41. The summed E-state index contributed by atoms with van der Waals surface area (Å²) in [4.78, 5) is 16.6. The normalized spacial score (nSPS) is 14.6. The summed E-state index contributed by atoms with van der Waals surface area (Å²) in [5.41, 5.74) is 2.48. The number of unbranched alkanes of at least 4 members (excludes halogenated alkanes) is 1. The predicted octanol–water partition coefficient (Wildman–Crippen LogP) is 3.54. The molecular formula is C18H25N5OS. The van der Waals surface area contributed by atoms with Crippen LogP contribution in [0.25, 0.3) is 0 Å². The molecule has 2 aromatic rings. The number of urea groups is 1. The van der Waals surface area contributed by atoms with Gasteiger partial charge in [-0.3, -0.25) is 5.32 Å². The topological polar surface area (TPSA) is 61.4 Å². The lowest BCUT2D eigenvalue weighted by molar-refractivity contribution is 0.208. The van der Waals surface area contributed by atoms with Crippen molar-refractivity contribution in [2.75, 3.05) is 36.4 Å². The lowest BCUT2D eigenvalue weighted by Crippen LogP contribution is -2.50. The van der Waals surface area contributed by atoms with Crippen LogP contribution in [0.15, 0.2) is 24.3 Å². The zero-order valence-corrected chi connectivity index (χ0v) is 15.7. The number of carbonyl (C=O) groups excluding carboxylic acids is 1. The van der Waals surface area contributed by atoms with Gasteiger partial charge in [0.1, 0.15) is 5.01 Å². The molecular weight excluding hydrogens is 334 g/mol. The van der Waals surface area contributed by atoms with E-state index in [2.05, 4.69) is 58.5 Å². The van der Waals surface area contributed by atoms with Crippen molar-refractivity contribution in [3.8, 4) is 0 Å². The van der Waals surface area contributed by atoms with Crippen LogP contribution in [0.3, 0.4) is 0 Å². The Hall–Kier alpha value is -2.15. The van der Waals surface area contributed by atoms with Gasteiger partial charge in [-0.15, -0.1) is 10.2 Å². The van der Waals surface area contributed by atoms with E-state index in [1.165, 1.54) is 22.6 Å². The summed E-state index contributed by atoms with van der Waals surface area (Å²) in [6.45, 7) is 7.36. The minimum absolute atomic E-state index is 0.0814. The van der Waals surface area contributed by atoms with E-state index in [0.29, 0.717) is 18.2 Å². The van der Waals surface area contributed by atoms with Crippen LogP contribution in [0.2, 0.25) is 0 Å². The highest BCUT2D eigenvalue weighted by Gasteiger charge is 2.22. The molecule has 1 fully saturated rings. The van der Waals surface area contributed by atoms with Crippen molar-refractivity contribution in [1.82, 2.24) is 15.1 Å². The first-order valence-electron chi connectivity index (χ1n) is 8.85. The third-order valence-corrected chi connectivity index (χ3v) is 5.26. The number of nitrogens with zero attached hydrogens (tertiary/aromatic N) is 4. The number of benzene rings is 1. The first-order chi connectivity index (χ1) is 12.2. The maximum Gasteiger partial charge on any atom is 0.323 e. The molecule has 3 rings (SSSR count). The Labute approximate surface area is 152 Å². The van der Waals surface area contributed by atoms with Crippen LogP contribution in [0.5, 0.6) is 0 Å². The van der Waals surface area contributed by atoms with Crippen molar-refractivity contribution in [3.05, 3.63) is 34.8 Å². The number of hydrogen-bond acceptors (Lipinski definition) is 5. The lowest BCUT2D eigenvalue weighted by atomic mass is 10.2. The average molecular weight is 359 g/mol. The van der Waals surface area contributed by atoms with Crippen molar-refractivity contribution in [3.63, 3.8) is 0 Å². The quantitative estimate of drug-likeness (QED) is 0.887. The number of aromatic nitrogens is 2. The Morgan fingerprint density at radius 1 is 1.24 bits per heavy atom. The van der Waals surface area contributed by atoms with E-state index in [1.807, 2.05) is 4.90 Å². The Morgan fingerprint density at radius 3 is 2.76 bits per heavy atom. The smallest absolute Gasteiger partial charge is 0.323 e. The molecule has 0 spiro atoms. The van der Waals surface area contributed by atoms with Gasteiger partial charge in [-0.05, 0) is 31.0 Å². The van der Waals surface area contributed by atoms with E-state index in [4.69, 9.17) is 0 Å². The van der Waals surface area contributed by atoms with Crippen molar-refractivity contribution in [2.45, 2.75) is 33.1 Å². The molecule has 1 aliphatic rings. The maximum absolute atomic E-state index is 12.4. The summed E-state index contributed by atoms with van der Waals surface area (Å²) in [5, 5.41) is 12.7. The van der Waals surface area contributed by atoms with Crippen LogP contribution in [0, 0.1) is 6.92 Å². The summed E-state index contributed by atoms with van der Waals surface area (Å²) >= 11 is 1.47. The maximum atomic E-state index is 12.4. The number of rotatable bonds is 5. The molecule has 134 valence electrons. The van der Waals surface area contributed by atoms with Gasteiger partial charge in [-0.2, -0.15) is 0 Å². The molecule has 1 saturated heterocycles. The third kappa shape index (κ3) is 4.69. The van der Waals surface area contributed by atoms with Gasteiger partial charge in [-0.25, -0.2) is 4.79 Å². The number of carbonyl (C=O) groups is 1. The second-order valence-corrected chi connectivity index (χ2v) is 7.41. The first-order valence-corrected chi connectivity index (χ1v) is 9.67. The second kappa shape index (κ2) is 8.29. The molecule has 0 saturated carbocycles. The molecule has 1 N–H and O–H groups in total. The minimum atomic E-state index is -0.0814. The zero-order chi connectivity index (χ0) is 17.6. The largest absolute Gasteiger partial charge is 0.368 e.